The second-order valence-corrected chi connectivity index (χ2v) is 6.13. The Hall–Kier alpha value is -0.340. The molecule has 1 N–H and O–H groups in total. The zero-order valence-corrected chi connectivity index (χ0v) is 11.9. The number of nitrogens with one attached hydrogen (secondary N) is 1. The molecule has 0 amide bonds. The van der Waals surface area contributed by atoms with Gasteiger partial charge in [-0.3, -0.25) is 0 Å². The molecule has 1 saturated carbocycles. The van der Waals surface area contributed by atoms with E-state index in [1.165, 1.54) is 32.1 Å². The average molecular weight is 251 g/mol. The first-order valence-corrected chi connectivity index (χ1v) is 8.02. The molecule has 1 fully saturated rings. The Morgan fingerprint density at radius 2 is 2.24 bits per heavy atom. The van der Waals surface area contributed by atoms with Crippen LogP contribution in [0.15, 0.2) is 16.8 Å². The molecule has 1 aromatic heterocycles. The summed E-state index contributed by atoms with van der Waals surface area (Å²) in [5.41, 5.74) is 1.54. The van der Waals surface area contributed by atoms with Gasteiger partial charge in [0.25, 0.3) is 0 Å². The van der Waals surface area contributed by atoms with Gasteiger partial charge in [-0.15, -0.1) is 0 Å². The zero-order valence-electron chi connectivity index (χ0n) is 11.1. The van der Waals surface area contributed by atoms with Crippen LogP contribution in [0.25, 0.3) is 0 Å². The fraction of sp³-hybridized carbons (Fsp3) is 0.733. The summed E-state index contributed by atoms with van der Waals surface area (Å²) >= 11 is 1.83. The number of thiophene rings is 1. The van der Waals surface area contributed by atoms with Gasteiger partial charge >= 0.3 is 0 Å². The van der Waals surface area contributed by atoms with Crippen LogP contribution in [0.3, 0.4) is 0 Å². The largest absolute Gasteiger partial charge is 0.314 e. The maximum atomic E-state index is 3.70. The van der Waals surface area contributed by atoms with E-state index in [-0.39, 0.29) is 0 Å². The lowest BCUT2D eigenvalue weighted by Gasteiger charge is -2.36. The lowest BCUT2D eigenvalue weighted by atomic mass is 9.74. The molecule has 0 aliphatic heterocycles. The van der Waals surface area contributed by atoms with Gasteiger partial charge in [-0.05, 0) is 66.5 Å². The molecule has 2 heteroatoms. The van der Waals surface area contributed by atoms with Crippen LogP contribution in [-0.2, 0) is 6.42 Å². The van der Waals surface area contributed by atoms with Crippen molar-refractivity contribution >= 4 is 11.3 Å². The van der Waals surface area contributed by atoms with Crippen molar-refractivity contribution in [2.75, 3.05) is 6.54 Å². The first-order chi connectivity index (χ1) is 8.33. The van der Waals surface area contributed by atoms with Gasteiger partial charge in [-0.2, -0.15) is 11.3 Å². The summed E-state index contributed by atoms with van der Waals surface area (Å²) in [6.45, 7) is 5.69. The molecule has 0 bridgehead atoms. The van der Waals surface area contributed by atoms with Gasteiger partial charge in [-0.25, -0.2) is 0 Å². The first-order valence-electron chi connectivity index (χ1n) is 7.07. The Morgan fingerprint density at radius 3 is 2.88 bits per heavy atom. The SMILES string of the molecule is CCNC1CCC(CC)CC1Cc1ccsc1. The lowest BCUT2D eigenvalue weighted by Crippen LogP contribution is -2.41. The van der Waals surface area contributed by atoms with E-state index in [1.807, 2.05) is 11.3 Å². The predicted octanol–water partition coefficient (Wildman–Crippen LogP) is 4.10. The van der Waals surface area contributed by atoms with Crippen LogP contribution in [0.1, 0.15) is 45.1 Å². The second kappa shape index (κ2) is 6.55. The monoisotopic (exact) mass is 251 g/mol. The minimum atomic E-state index is 0.752. The van der Waals surface area contributed by atoms with E-state index < -0.39 is 0 Å². The van der Waals surface area contributed by atoms with Gasteiger partial charge in [0.15, 0.2) is 0 Å². The number of rotatable bonds is 5. The van der Waals surface area contributed by atoms with E-state index >= 15 is 0 Å². The van der Waals surface area contributed by atoms with Crippen LogP contribution in [0.2, 0.25) is 0 Å². The summed E-state index contributed by atoms with van der Waals surface area (Å²) in [7, 11) is 0. The summed E-state index contributed by atoms with van der Waals surface area (Å²) in [4.78, 5) is 0. The summed E-state index contributed by atoms with van der Waals surface area (Å²) in [5.74, 6) is 1.82. The minimum Gasteiger partial charge on any atom is -0.314 e. The Kier molecular flexibility index (Phi) is 5.05. The second-order valence-electron chi connectivity index (χ2n) is 5.35. The molecule has 1 nitrogen and oxygen atoms in total. The third-order valence-corrected chi connectivity index (χ3v) is 4.94. The molecule has 96 valence electrons. The maximum Gasteiger partial charge on any atom is 0.00985 e. The van der Waals surface area contributed by atoms with E-state index in [1.54, 1.807) is 5.56 Å². The highest BCUT2D eigenvalue weighted by molar-refractivity contribution is 7.07. The predicted molar refractivity (Wildman–Crippen MR) is 76.6 cm³/mol. The van der Waals surface area contributed by atoms with E-state index in [4.69, 9.17) is 0 Å². The average Bonchev–Trinajstić information content (AvgIpc) is 2.84. The van der Waals surface area contributed by atoms with Crippen molar-refractivity contribution in [2.45, 2.75) is 52.0 Å². The van der Waals surface area contributed by atoms with Crippen LogP contribution < -0.4 is 5.32 Å². The number of hydrogen-bond donors (Lipinski definition) is 1. The van der Waals surface area contributed by atoms with Crippen LogP contribution in [0.4, 0.5) is 0 Å². The highest BCUT2D eigenvalue weighted by Crippen LogP contribution is 2.33. The highest BCUT2D eigenvalue weighted by atomic mass is 32.1. The highest BCUT2D eigenvalue weighted by Gasteiger charge is 2.29. The van der Waals surface area contributed by atoms with E-state index in [2.05, 4.69) is 36.0 Å². The Bertz CT molecular complexity index is 307. The molecule has 3 unspecified atom stereocenters. The van der Waals surface area contributed by atoms with Crippen molar-refractivity contribution < 1.29 is 0 Å². The van der Waals surface area contributed by atoms with Crippen molar-refractivity contribution in [1.29, 1.82) is 0 Å². The molecule has 1 aliphatic carbocycles. The quantitative estimate of drug-likeness (QED) is 0.831. The Balaban J connectivity index is 1.97. The summed E-state index contributed by atoms with van der Waals surface area (Å²) in [5, 5.41) is 8.22. The lowest BCUT2D eigenvalue weighted by molar-refractivity contribution is 0.200. The van der Waals surface area contributed by atoms with Crippen molar-refractivity contribution in [1.82, 2.24) is 5.32 Å². The molecular formula is C15H25NS. The summed E-state index contributed by atoms with van der Waals surface area (Å²) < 4.78 is 0. The first kappa shape index (κ1) is 13.1. The molecule has 0 aromatic carbocycles. The normalized spacial score (nSPS) is 29.4. The molecule has 0 spiro atoms. The van der Waals surface area contributed by atoms with Gasteiger partial charge < -0.3 is 5.32 Å². The minimum absolute atomic E-state index is 0.752. The molecule has 1 aromatic rings. The van der Waals surface area contributed by atoms with Gasteiger partial charge in [0.05, 0.1) is 0 Å². The van der Waals surface area contributed by atoms with Crippen LogP contribution in [0, 0.1) is 11.8 Å². The van der Waals surface area contributed by atoms with Crippen molar-refractivity contribution in [3.63, 3.8) is 0 Å². The third-order valence-electron chi connectivity index (χ3n) is 4.21. The van der Waals surface area contributed by atoms with Crippen molar-refractivity contribution in [2.24, 2.45) is 11.8 Å². The van der Waals surface area contributed by atoms with Gasteiger partial charge in [-0.1, -0.05) is 20.3 Å². The van der Waals surface area contributed by atoms with Crippen LogP contribution >= 0.6 is 11.3 Å². The molecule has 1 heterocycles. The van der Waals surface area contributed by atoms with E-state index in [0.29, 0.717) is 0 Å². The number of hydrogen-bond acceptors (Lipinski definition) is 2. The van der Waals surface area contributed by atoms with E-state index in [0.717, 1.165) is 24.4 Å². The standard InChI is InChI=1S/C15H25NS/c1-3-12-5-6-15(16-4-2)14(9-12)10-13-7-8-17-11-13/h7-8,11-12,14-16H,3-6,9-10H2,1-2H3. The van der Waals surface area contributed by atoms with Gasteiger partial charge in [0.2, 0.25) is 0 Å². The topological polar surface area (TPSA) is 12.0 Å². The fourth-order valence-corrected chi connectivity index (χ4v) is 3.88. The molecule has 3 atom stereocenters. The third kappa shape index (κ3) is 3.56. The molecule has 17 heavy (non-hydrogen) atoms. The van der Waals surface area contributed by atoms with Gasteiger partial charge in [0.1, 0.15) is 0 Å². The van der Waals surface area contributed by atoms with Gasteiger partial charge in [0, 0.05) is 6.04 Å². The molecule has 0 radical (unpaired) electrons. The van der Waals surface area contributed by atoms with Crippen molar-refractivity contribution in [3.8, 4) is 0 Å². The molecular weight excluding hydrogens is 226 g/mol. The Labute approximate surface area is 110 Å². The molecule has 0 saturated heterocycles. The van der Waals surface area contributed by atoms with Crippen molar-refractivity contribution in [3.05, 3.63) is 22.4 Å². The Morgan fingerprint density at radius 1 is 1.35 bits per heavy atom. The van der Waals surface area contributed by atoms with Crippen LogP contribution in [0.5, 0.6) is 0 Å². The molecule has 1 aliphatic rings. The summed E-state index contributed by atoms with van der Waals surface area (Å²) in [6, 6.07) is 3.05. The molecule has 2 rings (SSSR count). The maximum absolute atomic E-state index is 3.70. The van der Waals surface area contributed by atoms with Crippen LogP contribution in [-0.4, -0.2) is 12.6 Å². The van der Waals surface area contributed by atoms with E-state index in [9.17, 15) is 0 Å². The summed E-state index contributed by atoms with van der Waals surface area (Å²) in [6.07, 6.45) is 6.86. The fourth-order valence-electron chi connectivity index (χ4n) is 3.20. The zero-order chi connectivity index (χ0) is 12.1. The smallest absolute Gasteiger partial charge is 0.00985 e.